The van der Waals surface area contributed by atoms with Crippen molar-refractivity contribution in [1.82, 2.24) is 10.2 Å². The minimum atomic E-state index is -0.525. The van der Waals surface area contributed by atoms with Crippen molar-refractivity contribution in [2.75, 3.05) is 18.2 Å². The predicted molar refractivity (Wildman–Crippen MR) is 73.7 cm³/mol. The van der Waals surface area contributed by atoms with Crippen LogP contribution in [0.25, 0.3) is 0 Å². The van der Waals surface area contributed by atoms with Crippen molar-refractivity contribution < 1.29 is 14.3 Å². The molecular weight excluding hydrogens is 284 g/mol. The zero-order chi connectivity index (χ0) is 14.7. The quantitative estimate of drug-likeness (QED) is 0.746. The van der Waals surface area contributed by atoms with E-state index < -0.39 is 11.9 Å². The first-order valence-corrected chi connectivity index (χ1v) is 5.89. The van der Waals surface area contributed by atoms with Crippen molar-refractivity contribution in [1.29, 1.82) is 0 Å². The normalized spacial score (nSPS) is 10.1. The second kappa shape index (κ2) is 5.62. The number of aromatic amines is 1. The van der Waals surface area contributed by atoms with Gasteiger partial charge in [-0.2, -0.15) is 5.10 Å². The van der Waals surface area contributed by atoms with Crippen LogP contribution in [-0.2, 0) is 4.74 Å². The topological polar surface area (TPSA) is 110 Å². The van der Waals surface area contributed by atoms with E-state index in [0.29, 0.717) is 5.02 Å². The number of aromatic nitrogens is 2. The second-order valence-corrected chi connectivity index (χ2v) is 4.25. The summed E-state index contributed by atoms with van der Waals surface area (Å²) < 4.78 is 4.60. The summed E-state index contributed by atoms with van der Waals surface area (Å²) in [5, 5.41) is 8.96. The maximum absolute atomic E-state index is 11.9. The van der Waals surface area contributed by atoms with Gasteiger partial charge in [0.05, 0.1) is 23.4 Å². The van der Waals surface area contributed by atoms with E-state index in [4.69, 9.17) is 17.3 Å². The first-order valence-electron chi connectivity index (χ1n) is 5.51. The minimum Gasteiger partial charge on any atom is -0.465 e. The zero-order valence-corrected chi connectivity index (χ0v) is 11.2. The number of benzene rings is 1. The predicted octanol–water partition coefficient (Wildman–Crippen LogP) is 1.68. The first-order chi connectivity index (χ1) is 9.51. The Morgan fingerprint density at radius 3 is 2.75 bits per heavy atom. The molecule has 0 saturated heterocycles. The summed E-state index contributed by atoms with van der Waals surface area (Å²) in [6.07, 6.45) is 0. The number of nitrogen functional groups attached to an aromatic ring is 1. The lowest BCUT2D eigenvalue weighted by Gasteiger charge is -2.07. The molecule has 4 N–H and O–H groups in total. The van der Waals surface area contributed by atoms with Gasteiger partial charge in [0.1, 0.15) is 11.5 Å². The maximum Gasteiger partial charge on any atom is 0.337 e. The molecule has 1 aromatic heterocycles. The van der Waals surface area contributed by atoms with Gasteiger partial charge in [0.15, 0.2) is 0 Å². The Kier molecular flexibility index (Phi) is 3.90. The highest BCUT2D eigenvalue weighted by atomic mass is 35.5. The molecule has 0 radical (unpaired) electrons. The van der Waals surface area contributed by atoms with Crippen LogP contribution in [0.4, 0.5) is 11.5 Å². The van der Waals surface area contributed by atoms with E-state index in [0.717, 1.165) is 0 Å². The summed E-state index contributed by atoms with van der Waals surface area (Å²) in [6, 6.07) is 5.79. The van der Waals surface area contributed by atoms with Crippen LogP contribution in [0, 0.1) is 0 Å². The number of nitrogens with one attached hydrogen (secondary N) is 2. The van der Waals surface area contributed by atoms with Gasteiger partial charge >= 0.3 is 5.97 Å². The van der Waals surface area contributed by atoms with Crippen LogP contribution in [-0.4, -0.2) is 29.2 Å². The third-order valence-electron chi connectivity index (χ3n) is 2.48. The zero-order valence-electron chi connectivity index (χ0n) is 10.4. The molecule has 0 bridgehead atoms. The fourth-order valence-corrected chi connectivity index (χ4v) is 1.67. The van der Waals surface area contributed by atoms with Gasteiger partial charge in [-0.15, -0.1) is 0 Å². The molecule has 0 fully saturated rings. The molecular formula is C12H11ClN4O3. The monoisotopic (exact) mass is 294 g/mol. The van der Waals surface area contributed by atoms with Crippen LogP contribution in [0.15, 0.2) is 24.3 Å². The van der Waals surface area contributed by atoms with Gasteiger partial charge in [0, 0.05) is 6.07 Å². The fraction of sp³-hybridized carbons (Fsp3) is 0.0833. The highest BCUT2D eigenvalue weighted by molar-refractivity contribution is 6.34. The third kappa shape index (κ3) is 2.89. The van der Waals surface area contributed by atoms with Crippen molar-refractivity contribution in [2.45, 2.75) is 0 Å². The van der Waals surface area contributed by atoms with Crippen molar-refractivity contribution >= 4 is 35.0 Å². The van der Waals surface area contributed by atoms with Crippen LogP contribution in [0.3, 0.4) is 0 Å². The second-order valence-electron chi connectivity index (χ2n) is 3.85. The number of anilines is 2. The Morgan fingerprint density at radius 2 is 2.15 bits per heavy atom. The van der Waals surface area contributed by atoms with Crippen LogP contribution >= 0.6 is 11.6 Å². The van der Waals surface area contributed by atoms with Crippen LogP contribution in [0.1, 0.15) is 20.8 Å². The molecule has 7 nitrogen and oxygen atoms in total. The standard InChI is InChI=1S/C12H11ClN4O3/c1-20-12(19)6-2-3-7(13)8(4-6)15-11(18)9-5-10(14)17-16-9/h2-5H,1H3,(H,15,18)(H3,14,16,17). The third-order valence-corrected chi connectivity index (χ3v) is 2.81. The summed E-state index contributed by atoms with van der Waals surface area (Å²) in [4.78, 5) is 23.3. The lowest BCUT2D eigenvalue weighted by molar-refractivity contribution is 0.0600. The molecule has 1 aromatic carbocycles. The van der Waals surface area contributed by atoms with Gasteiger partial charge in [-0.3, -0.25) is 9.89 Å². The molecule has 0 atom stereocenters. The molecule has 0 aliphatic carbocycles. The van der Waals surface area contributed by atoms with Gasteiger partial charge in [-0.25, -0.2) is 4.79 Å². The summed E-state index contributed by atoms with van der Waals surface area (Å²) in [5.74, 6) is -0.800. The molecule has 104 valence electrons. The molecule has 20 heavy (non-hydrogen) atoms. The number of carbonyl (C=O) groups excluding carboxylic acids is 2. The van der Waals surface area contributed by atoms with E-state index >= 15 is 0 Å². The molecule has 0 unspecified atom stereocenters. The number of ether oxygens (including phenoxy) is 1. The van der Waals surface area contributed by atoms with Gasteiger partial charge in [-0.05, 0) is 18.2 Å². The molecule has 0 saturated carbocycles. The largest absolute Gasteiger partial charge is 0.465 e. The first kappa shape index (κ1) is 13.9. The van der Waals surface area contributed by atoms with E-state index in [1.165, 1.54) is 31.4 Å². The van der Waals surface area contributed by atoms with Crippen LogP contribution in [0.5, 0.6) is 0 Å². The van der Waals surface area contributed by atoms with Gasteiger partial charge in [0.25, 0.3) is 5.91 Å². The molecule has 2 rings (SSSR count). The van der Waals surface area contributed by atoms with Crippen LogP contribution in [0.2, 0.25) is 5.02 Å². The Bertz CT molecular complexity index is 668. The molecule has 0 aliphatic rings. The summed E-state index contributed by atoms with van der Waals surface area (Å²) >= 11 is 5.96. The number of nitrogens with zero attached hydrogens (tertiary/aromatic N) is 1. The van der Waals surface area contributed by atoms with E-state index in [9.17, 15) is 9.59 Å². The summed E-state index contributed by atoms with van der Waals surface area (Å²) in [6.45, 7) is 0. The lowest BCUT2D eigenvalue weighted by atomic mass is 10.2. The summed E-state index contributed by atoms with van der Waals surface area (Å²) in [7, 11) is 1.27. The highest BCUT2D eigenvalue weighted by Gasteiger charge is 2.13. The average molecular weight is 295 g/mol. The smallest absolute Gasteiger partial charge is 0.337 e. The van der Waals surface area contributed by atoms with Crippen molar-refractivity contribution in [3.63, 3.8) is 0 Å². The number of halogens is 1. The number of H-pyrrole nitrogens is 1. The molecule has 8 heteroatoms. The number of amides is 1. The Morgan fingerprint density at radius 1 is 1.40 bits per heavy atom. The van der Waals surface area contributed by atoms with Crippen molar-refractivity contribution in [2.24, 2.45) is 0 Å². The number of nitrogens with two attached hydrogens (primary N) is 1. The molecule has 2 aromatic rings. The molecule has 1 amide bonds. The number of rotatable bonds is 3. The molecule has 0 spiro atoms. The molecule has 1 heterocycles. The molecule has 0 aliphatic heterocycles. The lowest BCUT2D eigenvalue weighted by Crippen LogP contribution is -2.13. The van der Waals surface area contributed by atoms with Gasteiger partial charge in [0.2, 0.25) is 0 Å². The Hall–Kier alpha value is -2.54. The average Bonchev–Trinajstić information content (AvgIpc) is 2.87. The van der Waals surface area contributed by atoms with Crippen molar-refractivity contribution in [3.8, 4) is 0 Å². The van der Waals surface area contributed by atoms with Gasteiger partial charge in [-0.1, -0.05) is 11.6 Å². The number of carbonyl (C=O) groups is 2. The number of hydrogen-bond donors (Lipinski definition) is 3. The van der Waals surface area contributed by atoms with E-state index in [-0.39, 0.29) is 22.8 Å². The highest BCUT2D eigenvalue weighted by Crippen LogP contribution is 2.24. The van der Waals surface area contributed by atoms with Crippen molar-refractivity contribution in [3.05, 3.63) is 40.5 Å². The van der Waals surface area contributed by atoms with E-state index in [1.54, 1.807) is 0 Å². The van der Waals surface area contributed by atoms with Crippen LogP contribution < -0.4 is 11.1 Å². The SMILES string of the molecule is COC(=O)c1ccc(Cl)c(NC(=O)c2cc(N)n[nH]2)c1. The Balaban J connectivity index is 2.24. The number of hydrogen-bond acceptors (Lipinski definition) is 5. The number of esters is 1. The maximum atomic E-state index is 11.9. The Labute approximate surface area is 119 Å². The van der Waals surface area contributed by atoms with E-state index in [2.05, 4.69) is 20.3 Å². The minimum absolute atomic E-state index is 0.182. The van der Waals surface area contributed by atoms with E-state index in [1.807, 2.05) is 0 Å². The fourth-order valence-electron chi connectivity index (χ4n) is 1.51. The number of methoxy groups -OCH3 is 1. The summed E-state index contributed by atoms with van der Waals surface area (Å²) in [5.41, 5.74) is 6.15. The van der Waals surface area contributed by atoms with Gasteiger partial charge < -0.3 is 15.8 Å².